The van der Waals surface area contributed by atoms with Crippen molar-refractivity contribution in [2.75, 3.05) is 0 Å². The highest BCUT2D eigenvalue weighted by molar-refractivity contribution is 5.44. The molecule has 0 radical (unpaired) electrons. The van der Waals surface area contributed by atoms with Gasteiger partial charge in [0.05, 0.1) is 0 Å². The highest BCUT2D eigenvalue weighted by Gasteiger charge is 2.42. The third-order valence-corrected chi connectivity index (χ3v) is 3.91. The lowest BCUT2D eigenvalue weighted by molar-refractivity contribution is 0.361. The van der Waals surface area contributed by atoms with E-state index in [1.807, 2.05) is 0 Å². The molecule has 3 aliphatic rings. The molecule has 0 aromatic carbocycles. The van der Waals surface area contributed by atoms with E-state index in [1.165, 1.54) is 31.4 Å². The molecule has 0 fully saturated rings. The second-order valence-corrected chi connectivity index (χ2v) is 4.79. The fourth-order valence-electron chi connectivity index (χ4n) is 3.04. The van der Waals surface area contributed by atoms with Crippen LogP contribution in [0.3, 0.4) is 0 Å². The Kier molecular flexibility index (Phi) is 1.64. The zero-order chi connectivity index (χ0) is 9.60. The third kappa shape index (κ3) is 0.956. The minimum Gasteiger partial charge on any atom is -0.384 e. The van der Waals surface area contributed by atoms with E-state index in [1.54, 1.807) is 5.57 Å². The summed E-state index contributed by atoms with van der Waals surface area (Å²) in [6.07, 6.45) is 14.3. The molecule has 3 rings (SSSR count). The second kappa shape index (κ2) is 2.75. The minimum absolute atomic E-state index is 0.282. The Bertz CT molecular complexity index is 348. The van der Waals surface area contributed by atoms with Gasteiger partial charge in [-0.1, -0.05) is 24.3 Å². The topological polar surface area (TPSA) is 12.0 Å². The number of rotatable bonds is 0. The van der Waals surface area contributed by atoms with Crippen molar-refractivity contribution in [1.29, 1.82) is 0 Å². The molecule has 1 N–H and O–H groups in total. The lowest BCUT2D eigenvalue weighted by atomic mass is 9.72. The summed E-state index contributed by atoms with van der Waals surface area (Å²) < 4.78 is 0. The number of allylic oxidation sites excluding steroid dienone is 4. The maximum absolute atomic E-state index is 3.71. The quantitative estimate of drug-likeness (QED) is 0.575. The normalized spacial score (nSPS) is 39.4. The first-order chi connectivity index (χ1) is 6.81. The van der Waals surface area contributed by atoms with Gasteiger partial charge in [-0.2, -0.15) is 0 Å². The Hall–Kier alpha value is -0.980. The Morgan fingerprint density at radius 1 is 1.36 bits per heavy atom. The zero-order valence-corrected chi connectivity index (χ0v) is 8.72. The lowest BCUT2D eigenvalue weighted by Crippen LogP contribution is -2.37. The van der Waals surface area contributed by atoms with E-state index in [-0.39, 0.29) is 5.41 Å². The summed E-state index contributed by atoms with van der Waals surface area (Å²) >= 11 is 0. The van der Waals surface area contributed by atoms with E-state index in [2.05, 4.69) is 36.5 Å². The van der Waals surface area contributed by atoms with Crippen LogP contribution in [0.2, 0.25) is 0 Å². The van der Waals surface area contributed by atoms with Crippen LogP contribution in [-0.4, -0.2) is 6.04 Å². The first kappa shape index (κ1) is 8.34. The highest BCUT2D eigenvalue weighted by atomic mass is 15.0. The van der Waals surface area contributed by atoms with Crippen LogP contribution < -0.4 is 5.32 Å². The van der Waals surface area contributed by atoms with Crippen molar-refractivity contribution in [3.63, 3.8) is 0 Å². The van der Waals surface area contributed by atoms with Crippen LogP contribution in [0.4, 0.5) is 0 Å². The van der Waals surface area contributed by atoms with E-state index >= 15 is 0 Å². The number of hydrogen-bond acceptors (Lipinski definition) is 1. The van der Waals surface area contributed by atoms with Crippen molar-refractivity contribution in [3.8, 4) is 0 Å². The standard InChI is InChI=1S/C13H17N/c1-13-9-5-4-8-12(13)14-11-7-3-2-6-10(11)13/h2,5-6,9,12,14H,3-4,7-8H2,1H3. The molecule has 1 aliphatic heterocycles. The minimum atomic E-state index is 0.282. The fraction of sp³-hybridized carbons (Fsp3) is 0.538. The maximum Gasteiger partial charge on any atom is 0.0390 e. The molecular formula is C13H17N. The predicted molar refractivity (Wildman–Crippen MR) is 58.8 cm³/mol. The summed E-state index contributed by atoms with van der Waals surface area (Å²) in [5.41, 5.74) is 3.33. The summed E-state index contributed by atoms with van der Waals surface area (Å²) in [5.74, 6) is 0. The van der Waals surface area contributed by atoms with Gasteiger partial charge in [-0.25, -0.2) is 0 Å². The van der Waals surface area contributed by atoms with Crippen molar-refractivity contribution < 1.29 is 0 Å². The summed E-state index contributed by atoms with van der Waals surface area (Å²) in [6.45, 7) is 2.37. The molecular weight excluding hydrogens is 170 g/mol. The maximum atomic E-state index is 3.71. The van der Waals surface area contributed by atoms with E-state index < -0.39 is 0 Å². The Morgan fingerprint density at radius 2 is 2.29 bits per heavy atom. The molecule has 1 heterocycles. The molecule has 0 amide bonds. The van der Waals surface area contributed by atoms with Gasteiger partial charge in [-0.15, -0.1) is 0 Å². The molecule has 74 valence electrons. The molecule has 2 aliphatic carbocycles. The molecule has 2 unspecified atom stereocenters. The number of nitrogens with one attached hydrogen (secondary N) is 1. The van der Waals surface area contributed by atoms with Gasteiger partial charge in [0.25, 0.3) is 0 Å². The first-order valence-electron chi connectivity index (χ1n) is 5.65. The van der Waals surface area contributed by atoms with Gasteiger partial charge in [0.1, 0.15) is 0 Å². The van der Waals surface area contributed by atoms with Crippen molar-refractivity contribution in [3.05, 3.63) is 35.6 Å². The smallest absolute Gasteiger partial charge is 0.0390 e. The predicted octanol–water partition coefficient (Wildman–Crippen LogP) is 2.92. The van der Waals surface area contributed by atoms with Crippen LogP contribution in [0.5, 0.6) is 0 Å². The Labute approximate surface area is 85.6 Å². The summed E-state index contributed by atoms with van der Waals surface area (Å²) in [5, 5.41) is 3.71. The van der Waals surface area contributed by atoms with Gasteiger partial charge in [0.15, 0.2) is 0 Å². The fourth-order valence-corrected chi connectivity index (χ4v) is 3.04. The molecule has 0 aromatic heterocycles. The number of hydrogen-bond donors (Lipinski definition) is 1. The summed E-state index contributed by atoms with van der Waals surface area (Å²) in [7, 11) is 0. The molecule has 2 atom stereocenters. The van der Waals surface area contributed by atoms with Gasteiger partial charge < -0.3 is 5.32 Å². The van der Waals surface area contributed by atoms with Crippen LogP contribution in [0, 0.1) is 5.41 Å². The van der Waals surface area contributed by atoms with E-state index in [9.17, 15) is 0 Å². The van der Waals surface area contributed by atoms with E-state index in [0.29, 0.717) is 6.04 Å². The van der Waals surface area contributed by atoms with Crippen LogP contribution >= 0.6 is 0 Å². The Morgan fingerprint density at radius 3 is 3.21 bits per heavy atom. The summed E-state index contributed by atoms with van der Waals surface area (Å²) in [6, 6.07) is 0.653. The molecule has 0 spiro atoms. The van der Waals surface area contributed by atoms with Crippen molar-refractivity contribution >= 4 is 0 Å². The van der Waals surface area contributed by atoms with Gasteiger partial charge in [-0.05, 0) is 38.2 Å². The Balaban J connectivity index is 2.07. The number of fused-ring (bicyclic) bond motifs is 2. The molecule has 0 saturated heterocycles. The van der Waals surface area contributed by atoms with Crippen molar-refractivity contribution in [2.24, 2.45) is 5.41 Å². The average Bonchev–Trinajstić information content (AvgIpc) is 2.51. The zero-order valence-electron chi connectivity index (χ0n) is 8.72. The van der Waals surface area contributed by atoms with Crippen LogP contribution in [0.25, 0.3) is 0 Å². The lowest BCUT2D eigenvalue weighted by Gasteiger charge is -2.33. The van der Waals surface area contributed by atoms with E-state index in [0.717, 1.165) is 0 Å². The molecule has 1 nitrogen and oxygen atoms in total. The van der Waals surface area contributed by atoms with Gasteiger partial charge in [0, 0.05) is 17.2 Å². The molecule has 1 heteroatoms. The molecule has 0 saturated carbocycles. The van der Waals surface area contributed by atoms with Gasteiger partial charge in [-0.3, -0.25) is 0 Å². The molecule has 0 aromatic rings. The SMILES string of the molecule is CC12C=CCCC1NC1=C2C=CCC1. The molecule has 0 bridgehead atoms. The van der Waals surface area contributed by atoms with Crippen molar-refractivity contribution in [1.82, 2.24) is 5.32 Å². The van der Waals surface area contributed by atoms with Crippen LogP contribution in [0.15, 0.2) is 35.6 Å². The average molecular weight is 187 g/mol. The second-order valence-electron chi connectivity index (χ2n) is 4.79. The van der Waals surface area contributed by atoms with Crippen LogP contribution in [-0.2, 0) is 0 Å². The first-order valence-corrected chi connectivity index (χ1v) is 5.65. The summed E-state index contributed by atoms with van der Waals surface area (Å²) in [4.78, 5) is 0. The van der Waals surface area contributed by atoms with Gasteiger partial charge in [0.2, 0.25) is 0 Å². The van der Waals surface area contributed by atoms with Gasteiger partial charge >= 0.3 is 0 Å². The largest absolute Gasteiger partial charge is 0.384 e. The monoisotopic (exact) mass is 187 g/mol. The van der Waals surface area contributed by atoms with Crippen molar-refractivity contribution in [2.45, 2.75) is 38.6 Å². The highest BCUT2D eigenvalue weighted by Crippen LogP contribution is 2.46. The molecule has 14 heavy (non-hydrogen) atoms. The van der Waals surface area contributed by atoms with Crippen LogP contribution in [0.1, 0.15) is 32.6 Å². The van der Waals surface area contributed by atoms with E-state index in [4.69, 9.17) is 0 Å². The third-order valence-electron chi connectivity index (χ3n) is 3.91.